The zero-order valence-electron chi connectivity index (χ0n) is 15.9. The summed E-state index contributed by atoms with van der Waals surface area (Å²) in [5, 5.41) is 3.91. The minimum atomic E-state index is -0.362. The van der Waals surface area contributed by atoms with Gasteiger partial charge in [-0.15, -0.1) is 0 Å². The molecular formula is C21H29ClN2O2. The van der Waals surface area contributed by atoms with Crippen molar-refractivity contribution in [1.29, 1.82) is 0 Å². The number of likely N-dealkylation sites (tertiary alicyclic amines) is 1. The van der Waals surface area contributed by atoms with E-state index in [0.29, 0.717) is 30.3 Å². The van der Waals surface area contributed by atoms with Crippen molar-refractivity contribution in [2.75, 3.05) is 0 Å². The van der Waals surface area contributed by atoms with Gasteiger partial charge in [-0.2, -0.15) is 0 Å². The van der Waals surface area contributed by atoms with E-state index in [-0.39, 0.29) is 29.3 Å². The minimum Gasteiger partial charge on any atom is -0.352 e. The van der Waals surface area contributed by atoms with Gasteiger partial charge < -0.3 is 10.2 Å². The molecule has 1 aliphatic heterocycles. The van der Waals surface area contributed by atoms with Crippen molar-refractivity contribution in [3.8, 4) is 0 Å². The largest absolute Gasteiger partial charge is 0.352 e. The average molecular weight is 377 g/mol. The quantitative estimate of drug-likeness (QED) is 0.857. The molecule has 2 fully saturated rings. The number of hydrogen-bond donors (Lipinski definition) is 1. The molecule has 1 aromatic carbocycles. The first kappa shape index (κ1) is 19.2. The molecule has 0 aromatic heterocycles. The van der Waals surface area contributed by atoms with Crippen molar-refractivity contribution in [2.45, 2.75) is 71.5 Å². The summed E-state index contributed by atoms with van der Waals surface area (Å²) in [6.07, 6.45) is 4.26. The summed E-state index contributed by atoms with van der Waals surface area (Å²) in [5.74, 6) is 0.664. The van der Waals surface area contributed by atoms with Crippen LogP contribution in [0.3, 0.4) is 0 Å². The van der Waals surface area contributed by atoms with Gasteiger partial charge in [0.15, 0.2) is 0 Å². The molecular weight excluding hydrogens is 348 g/mol. The second kappa shape index (κ2) is 7.59. The maximum atomic E-state index is 12.9. The monoisotopic (exact) mass is 376 g/mol. The molecule has 0 bridgehead atoms. The number of nitrogens with zero attached hydrogens (tertiary/aromatic N) is 1. The first-order valence-corrected chi connectivity index (χ1v) is 9.95. The summed E-state index contributed by atoms with van der Waals surface area (Å²) >= 11 is 5.93. The maximum Gasteiger partial charge on any atom is 0.243 e. The molecule has 1 saturated carbocycles. The first-order chi connectivity index (χ1) is 12.2. The normalized spacial score (nSPS) is 28.2. The van der Waals surface area contributed by atoms with Crippen LogP contribution in [0.4, 0.5) is 0 Å². The summed E-state index contributed by atoms with van der Waals surface area (Å²) < 4.78 is 0. The van der Waals surface area contributed by atoms with Gasteiger partial charge in [-0.05, 0) is 54.7 Å². The fourth-order valence-corrected chi connectivity index (χ4v) is 4.87. The molecule has 142 valence electrons. The van der Waals surface area contributed by atoms with E-state index < -0.39 is 0 Å². The Morgan fingerprint density at radius 2 is 1.96 bits per heavy atom. The lowest BCUT2D eigenvalue weighted by Gasteiger charge is -2.39. The van der Waals surface area contributed by atoms with E-state index in [1.165, 1.54) is 6.42 Å². The van der Waals surface area contributed by atoms with Crippen molar-refractivity contribution in [3.05, 3.63) is 34.9 Å². The van der Waals surface area contributed by atoms with Gasteiger partial charge in [0.1, 0.15) is 6.04 Å². The van der Waals surface area contributed by atoms with Gasteiger partial charge in [0.25, 0.3) is 0 Å². The Bertz CT molecular complexity index is 671. The zero-order chi connectivity index (χ0) is 18.9. The number of nitrogens with one attached hydrogen (secondary N) is 1. The molecule has 3 rings (SSSR count). The summed E-state index contributed by atoms with van der Waals surface area (Å²) in [4.78, 5) is 27.0. The van der Waals surface area contributed by atoms with Gasteiger partial charge in [0.2, 0.25) is 11.8 Å². The van der Waals surface area contributed by atoms with Crippen LogP contribution < -0.4 is 5.32 Å². The lowest BCUT2D eigenvalue weighted by atomic mass is 9.70. The Hall–Kier alpha value is -1.55. The molecule has 5 heteroatoms. The van der Waals surface area contributed by atoms with E-state index in [1.807, 2.05) is 24.3 Å². The van der Waals surface area contributed by atoms with Crippen molar-refractivity contribution < 1.29 is 9.59 Å². The molecule has 1 aromatic rings. The molecule has 2 amide bonds. The SMILES string of the molecule is CC1CC(NC(=O)C2CCC(=O)N2Cc2ccc(Cl)cc2)CC(C)(C)C1. The van der Waals surface area contributed by atoms with E-state index in [2.05, 4.69) is 26.1 Å². The topological polar surface area (TPSA) is 49.4 Å². The number of halogens is 1. The summed E-state index contributed by atoms with van der Waals surface area (Å²) in [6.45, 7) is 7.26. The van der Waals surface area contributed by atoms with E-state index in [9.17, 15) is 9.59 Å². The van der Waals surface area contributed by atoms with Gasteiger partial charge >= 0.3 is 0 Å². The highest BCUT2D eigenvalue weighted by Crippen LogP contribution is 2.38. The van der Waals surface area contributed by atoms with E-state index in [1.54, 1.807) is 4.90 Å². The fraction of sp³-hybridized carbons (Fsp3) is 0.619. The number of carbonyl (C=O) groups is 2. The van der Waals surface area contributed by atoms with Gasteiger partial charge in [-0.25, -0.2) is 0 Å². The number of benzene rings is 1. The molecule has 1 N–H and O–H groups in total. The lowest BCUT2D eigenvalue weighted by molar-refractivity contribution is -0.136. The first-order valence-electron chi connectivity index (χ1n) is 9.58. The Morgan fingerprint density at radius 3 is 2.62 bits per heavy atom. The highest BCUT2D eigenvalue weighted by molar-refractivity contribution is 6.30. The molecule has 3 unspecified atom stereocenters. The number of hydrogen-bond acceptors (Lipinski definition) is 2. The Balaban J connectivity index is 1.65. The van der Waals surface area contributed by atoms with Crippen LogP contribution in [0.1, 0.15) is 58.4 Å². The van der Waals surface area contributed by atoms with Crippen molar-refractivity contribution >= 4 is 23.4 Å². The van der Waals surface area contributed by atoms with Gasteiger partial charge in [-0.3, -0.25) is 9.59 Å². The summed E-state index contributed by atoms with van der Waals surface area (Å²) in [6, 6.07) is 7.30. The molecule has 1 aliphatic carbocycles. The van der Waals surface area contributed by atoms with E-state index in [4.69, 9.17) is 11.6 Å². The average Bonchev–Trinajstić information content (AvgIpc) is 2.88. The van der Waals surface area contributed by atoms with Crippen LogP contribution in [0.5, 0.6) is 0 Å². The van der Waals surface area contributed by atoms with Gasteiger partial charge in [0.05, 0.1) is 0 Å². The van der Waals surface area contributed by atoms with Crippen LogP contribution in [0.25, 0.3) is 0 Å². The van der Waals surface area contributed by atoms with E-state index >= 15 is 0 Å². The summed E-state index contributed by atoms with van der Waals surface area (Å²) in [5.41, 5.74) is 1.25. The third kappa shape index (κ3) is 4.59. The highest BCUT2D eigenvalue weighted by Gasteiger charge is 2.38. The van der Waals surface area contributed by atoms with Gasteiger partial charge in [0, 0.05) is 24.0 Å². The molecule has 4 nitrogen and oxygen atoms in total. The number of rotatable bonds is 4. The fourth-order valence-electron chi connectivity index (χ4n) is 4.74. The minimum absolute atomic E-state index is 0.000265. The second-order valence-corrected chi connectivity index (χ2v) is 9.26. The Labute approximate surface area is 161 Å². The molecule has 2 aliphatic rings. The number of amides is 2. The lowest BCUT2D eigenvalue weighted by Crippen LogP contribution is -2.50. The van der Waals surface area contributed by atoms with Crippen LogP contribution in [-0.2, 0) is 16.1 Å². The molecule has 0 spiro atoms. The van der Waals surface area contributed by atoms with Crippen molar-refractivity contribution in [2.24, 2.45) is 11.3 Å². The van der Waals surface area contributed by atoms with Crippen molar-refractivity contribution in [3.63, 3.8) is 0 Å². The Kier molecular flexibility index (Phi) is 5.61. The molecule has 3 atom stereocenters. The highest BCUT2D eigenvalue weighted by atomic mass is 35.5. The van der Waals surface area contributed by atoms with Crippen molar-refractivity contribution in [1.82, 2.24) is 10.2 Å². The predicted molar refractivity (Wildman–Crippen MR) is 104 cm³/mol. The van der Waals surface area contributed by atoms with Gasteiger partial charge in [-0.1, -0.05) is 44.5 Å². The second-order valence-electron chi connectivity index (χ2n) is 8.82. The van der Waals surface area contributed by atoms with E-state index in [0.717, 1.165) is 18.4 Å². The Morgan fingerprint density at radius 1 is 1.27 bits per heavy atom. The number of carbonyl (C=O) groups excluding carboxylic acids is 2. The third-order valence-corrected chi connectivity index (χ3v) is 5.88. The van der Waals surface area contributed by atoms with Crippen LogP contribution in [0.15, 0.2) is 24.3 Å². The van der Waals surface area contributed by atoms with Crippen LogP contribution >= 0.6 is 11.6 Å². The third-order valence-electron chi connectivity index (χ3n) is 5.63. The standard InChI is InChI=1S/C21H29ClN2O2/c1-14-10-17(12-21(2,3)11-14)23-20(26)18-8-9-19(25)24(18)13-15-4-6-16(22)7-5-15/h4-7,14,17-18H,8-13H2,1-3H3,(H,23,26). The van der Waals surface area contributed by atoms with Crippen LogP contribution in [0, 0.1) is 11.3 Å². The molecule has 1 saturated heterocycles. The maximum absolute atomic E-state index is 12.9. The van der Waals surface area contributed by atoms with Crippen LogP contribution in [0.2, 0.25) is 5.02 Å². The smallest absolute Gasteiger partial charge is 0.243 e. The predicted octanol–water partition coefficient (Wildman–Crippen LogP) is 4.16. The molecule has 26 heavy (non-hydrogen) atoms. The molecule has 0 radical (unpaired) electrons. The van der Waals surface area contributed by atoms with Crippen LogP contribution in [-0.4, -0.2) is 28.8 Å². The summed E-state index contributed by atoms with van der Waals surface area (Å²) in [7, 11) is 0. The molecule has 1 heterocycles. The zero-order valence-corrected chi connectivity index (χ0v) is 16.7.